The average molecular weight is 239 g/mol. The van der Waals surface area contributed by atoms with Gasteiger partial charge in [-0.15, -0.1) is 0 Å². The zero-order valence-electron chi connectivity index (χ0n) is 9.48. The van der Waals surface area contributed by atoms with Crippen molar-refractivity contribution in [3.05, 3.63) is 0 Å². The Labute approximate surface area is 89.9 Å². The molecule has 0 radical (unpaired) electrons. The highest BCUT2D eigenvalue weighted by Gasteiger charge is 2.28. The van der Waals surface area contributed by atoms with Crippen LogP contribution in [0.4, 0.5) is 0 Å². The first-order chi connectivity index (χ1) is 6.93. The van der Waals surface area contributed by atoms with Crippen LogP contribution in [0.15, 0.2) is 0 Å². The second-order valence-electron chi connectivity index (χ2n) is 2.95. The van der Waals surface area contributed by atoms with Gasteiger partial charge < -0.3 is 4.74 Å². The van der Waals surface area contributed by atoms with Crippen LogP contribution in [0.1, 0.15) is 20.8 Å². The SMILES string of the molecule is CCOP(=O)(NC(C)=O)OC(C)COC. The summed E-state index contributed by atoms with van der Waals surface area (Å²) in [6, 6.07) is 0. The Balaban J connectivity index is 4.36. The van der Waals surface area contributed by atoms with Gasteiger partial charge in [0.15, 0.2) is 0 Å². The molecule has 0 spiro atoms. The molecule has 1 amide bonds. The fourth-order valence-corrected chi connectivity index (χ4v) is 2.39. The Hall–Kier alpha value is -0.420. The van der Waals surface area contributed by atoms with Crippen LogP contribution in [-0.4, -0.2) is 32.3 Å². The lowest BCUT2D eigenvalue weighted by molar-refractivity contribution is -0.117. The van der Waals surface area contributed by atoms with Crippen molar-refractivity contribution in [3.8, 4) is 0 Å². The molecular formula is C8H18NO5P. The van der Waals surface area contributed by atoms with Crippen molar-refractivity contribution >= 4 is 13.7 Å². The average Bonchev–Trinajstić information content (AvgIpc) is 2.01. The second-order valence-corrected chi connectivity index (χ2v) is 4.64. The molecule has 6 nitrogen and oxygen atoms in total. The summed E-state index contributed by atoms with van der Waals surface area (Å²) >= 11 is 0. The normalized spacial score (nSPS) is 16.8. The molecule has 0 aliphatic carbocycles. The Bertz CT molecular complexity index is 245. The Kier molecular flexibility index (Phi) is 6.76. The Morgan fingerprint density at radius 2 is 2.13 bits per heavy atom. The van der Waals surface area contributed by atoms with Gasteiger partial charge in [-0.05, 0) is 13.8 Å². The quantitative estimate of drug-likeness (QED) is 0.678. The summed E-state index contributed by atoms with van der Waals surface area (Å²) in [5.74, 6) is -0.462. The number of hydrogen-bond donors (Lipinski definition) is 1. The lowest BCUT2D eigenvalue weighted by Gasteiger charge is -2.21. The summed E-state index contributed by atoms with van der Waals surface area (Å²) in [6.07, 6.45) is -0.417. The van der Waals surface area contributed by atoms with E-state index in [1.807, 2.05) is 0 Å². The Morgan fingerprint density at radius 1 is 1.53 bits per heavy atom. The van der Waals surface area contributed by atoms with Crippen molar-refractivity contribution in [2.45, 2.75) is 26.9 Å². The van der Waals surface area contributed by atoms with Crippen LogP contribution in [0.5, 0.6) is 0 Å². The molecule has 1 N–H and O–H groups in total. The van der Waals surface area contributed by atoms with Crippen LogP contribution in [0.3, 0.4) is 0 Å². The molecule has 15 heavy (non-hydrogen) atoms. The molecule has 0 aliphatic heterocycles. The predicted octanol–water partition coefficient (Wildman–Crippen LogP) is 1.32. The van der Waals surface area contributed by atoms with E-state index in [4.69, 9.17) is 13.8 Å². The van der Waals surface area contributed by atoms with E-state index in [-0.39, 0.29) is 13.2 Å². The molecule has 0 aromatic heterocycles. The monoisotopic (exact) mass is 239 g/mol. The summed E-state index contributed by atoms with van der Waals surface area (Å²) in [4.78, 5) is 10.8. The largest absolute Gasteiger partial charge is 0.435 e. The van der Waals surface area contributed by atoms with Crippen LogP contribution in [0, 0.1) is 0 Å². The number of rotatable bonds is 7. The number of ether oxygens (including phenoxy) is 1. The van der Waals surface area contributed by atoms with Crippen molar-refractivity contribution < 1.29 is 23.1 Å². The van der Waals surface area contributed by atoms with Crippen LogP contribution in [-0.2, 0) is 23.1 Å². The summed E-state index contributed by atoms with van der Waals surface area (Å²) in [5, 5.41) is 2.16. The van der Waals surface area contributed by atoms with Crippen LogP contribution in [0.25, 0.3) is 0 Å². The highest BCUT2D eigenvalue weighted by molar-refractivity contribution is 7.52. The van der Waals surface area contributed by atoms with Crippen molar-refractivity contribution in [2.24, 2.45) is 0 Å². The number of amides is 1. The summed E-state index contributed by atoms with van der Waals surface area (Å²) in [6.45, 7) is 5.06. The van der Waals surface area contributed by atoms with E-state index in [2.05, 4.69) is 5.09 Å². The molecule has 0 rings (SSSR count). The van der Waals surface area contributed by atoms with Gasteiger partial charge in [0.2, 0.25) is 5.91 Å². The van der Waals surface area contributed by atoms with Gasteiger partial charge in [-0.2, -0.15) is 0 Å². The van der Waals surface area contributed by atoms with Crippen molar-refractivity contribution in [1.29, 1.82) is 0 Å². The first-order valence-corrected chi connectivity index (χ1v) is 6.18. The van der Waals surface area contributed by atoms with Gasteiger partial charge in [0.05, 0.1) is 19.3 Å². The van der Waals surface area contributed by atoms with Gasteiger partial charge in [0.1, 0.15) is 0 Å². The van der Waals surface area contributed by atoms with E-state index in [0.29, 0.717) is 0 Å². The lowest BCUT2D eigenvalue weighted by atomic mass is 10.5. The molecule has 2 unspecified atom stereocenters. The molecule has 0 aromatic rings. The minimum Gasteiger partial charge on any atom is -0.382 e. The van der Waals surface area contributed by atoms with Gasteiger partial charge in [0.25, 0.3) is 0 Å². The summed E-state index contributed by atoms with van der Waals surface area (Å²) in [5.41, 5.74) is 0. The third-order valence-electron chi connectivity index (χ3n) is 1.31. The standard InChI is InChI=1S/C8H18NO5P/c1-5-13-15(11,9-8(3)10)14-7(2)6-12-4/h7H,5-6H2,1-4H3,(H,9,10,11). The van der Waals surface area contributed by atoms with Crippen molar-refractivity contribution in [2.75, 3.05) is 20.3 Å². The maximum atomic E-state index is 11.9. The summed E-state index contributed by atoms with van der Waals surface area (Å²) in [7, 11) is -2.04. The number of methoxy groups -OCH3 is 1. The molecule has 2 atom stereocenters. The molecule has 7 heteroatoms. The third kappa shape index (κ3) is 6.62. The molecule has 90 valence electrons. The molecule has 0 saturated carbocycles. The van der Waals surface area contributed by atoms with Crippen molar-refractivity contribution in [1.82, 2.24) is 5.09 Å². The van der Waals surface area contributed by atoms with E-state index in [0.717, 1.165) is 0 Å². The van der Waals surface area contributed by atoms with E-state index in [1.54, 1.807) is 13.8 Å². The molecule has 0 aromatic carbocycles. The highest BCUT2D eigenvalue weighted by atomic mass is 31.2. The molecule has 0 aliphatic rings. The topological polar surface area (TPSA) is 73.9 Å². The summed E-state index contributed by atoms with van der Waals surface area (Å²) < 4.78 is 26.7. The number of carbonyl (C=O) groups is 1. The molecule has 0 heterocycles. The fourth-order valence-electron chi connectivity index (χ4n) is 0.954. The Morgan fingerprint density at radius 3 is 2.53 bits per heavy atom. The number of hydrogen-bond acceptors (Lipinski definition) is 5. The first kappa shape index (κ1) is 14.6. The number of nitrogens with one attached hydrogen (secondary N) is 1. The van der Waals surface area contributed by atoms with Crippen LogP contribution in [0.2, 0.25) is 0 Å². The molecule has 0 bridgehead atoms. The maximum Gasteiger partial charge on any atom is 0.435 e. The van der Waals surface area contributed by atoms with E-state index in [9.17, 15) is 9.36 Å². The first-order valence-electron chi connectivity index (χ1n) is 4.64. The molecular weight excluding hydrogens is 221 g/mol. The van der Waals surface area contributed by atoms with E-state index < -0.39 is 19.8 Å². The lowest BCUT2D eigenvalue weighted by Crippen LogP contribution is -2.24. The minimum atomic E-state index is -3.54. The zero-order chi connectivity index (χ0) is 11.9. The van der Waals surface area contributed by atoms with Gasteiger partial charge >= 0.3 is 7.75 Å². The molecule has 0 saturated heterocycles. The molecule has 0 fully saturated rings. The fraction of sp³-hybridized carbons (Fsp3) is 0.875. The van der Waals surface area contributed by atoms with Crippen LogP contribution >= 0.6 is 7.75 Å². The van der Waals surface area contributed by atoms with Gasteiger partial charge in [-0.3, -0.25) is 18.9 Å². The number of carbonyl (C=O) groups excluding carboxylic acids is 1. The third-order valence-corrected chi connectivity index (χ3v) is 3.14. The van der Waals surface area contributed by atoms with Gasteiger partial charge in [0, 0.05) is 14.0 Å². The highest BCUT2D eigenvalue weighted by Crippen LogP contribution is 2.44. The van der Waals surface area contributed by atoms with Gasteiger partial charge in [-0.1, -0.05) is 0 Å². The smallest absolute Gasteiger partial charge is 0.382 e. The predicted molar refractivity (Wildman–Crippen MR) is 55.5 cm³/mol. The van der Waals surface area contributed by atoms with Crippen LogP contribution < -0.4 is 5.09 Å². The zero-order valence-corrected chi connectivity index (χ0v) is 10.4. The minimum absolute atomic E-state index is 0.192. The van der Waals surface area contributed by atoms with E-state index >= 15 is 0 Å². The van der Waals surface area contributed by atoms with E-state index in [1.165, 1.54) is 14.0 Å². The second kappa shape index (κ2) is 6.95. The van der Waals surface area contributed by atoms with Gasteiger partial charge in [-0.25, -0.2) is 4.57 Å². The van der Waals surface area contributed by atoms with Crippen molar-refractivity contribution in [3.63, 3.8) is 0 Å². The maximum absolute atomic E-state index is 11.9.